The lowest BCUT2D eigenvalue weighted by Gasteiger charge is -2.40. The molecule has 5 heteroatoms. The number of nitrogens with one attached hydrogen (secondary N) is 1. The first-order valence-electron chi connectivity index (χ1n) is 9.71. The molecular weight excluding hydrogens is 324 g/mol. The number of hydrogen-bond donors (Lipinski definition) is 1. The van der Waals surface area contributed by atoms with E-state index in [1.165, 1.54) is 24.9 Å². The predicted molar refractivity (Wildman–Crippen MR) is 102 cm³/mol. The van der Waals surface area contributed by atoms with Gasteiger partial charge in [-0.25, -0.2) is 0 Å². The number of amides is 1. The Balaban J connectivity index is 1.35. The van der Waals surface area contributed by atoms with Gasteiger partial charge >= 0.3 is 0 Å². The lowest BCUT2D eigenvalue weighted by atomic mass is 9.79. The Morgan fingerprint density at radius 1 is 1.19 bits per heavy atom. The average Bonchev–Trinajstić information content (AvgIpc) is 3.27. The minimum absolute atomic E-state index is 0.0765. The Hall–Kier alpha value is -2.14. The molecular formula is C21H28N4O. The molecule has 2 aliphatic rings. The first-order chi connectivity index (χ1) is 12.6. The third-order valence-electron chi connectivity index (χ3n) is 5.95. The van der Waals surface area contributed by atoms with Crippen molar-refractivity contribution in [3.8, 4) is 0 Å². The first-order valence-corrected chi connectivity index (χ1v) is 9.71. The maximum Gasteiger partial charge on any atom is 0.274 e. The van der Waals surface area contributed by atoms with E-state index in [0.717, 1.165) is 44.7 Å². The lowest BCUT2D eigenvalue weighted by Crippen LogP contribution is -2.46. The lowest BCUT2D eigenvalue weighted by molar-refractivity contribution is 0.0687. The summed E-state index contributed by atoms with van der Waals surface area (Å²) in [6.45, 7) is 7.07. The topological polar surface area (TPSA) is 52.2 Å². The molecule has 3 heterocycles. The predicted octanol–water partition coefficient (Wildman–Crippen LogP) is 2.89. The summed E-state index contributed by atoms with van der Waals surface area (Å²) in [5, 5.41) is 7.02. The van der Waals surface area contributed by atoms with Crippen LogP contribution in [0.5, 0.6) is 0 Å². The monoisotopic (exact) mass is 352 g/mol. The van der Waals surface area contributed by atoms with Gasteiger partial charge in [0.2, 0.25) is 0 Å². The Labute approximate surface area is 155 Å². The van der Waals surface area contributed by atoms with Gasteiger partial charge in [0.15, 0.2) is 0 Å². The highest BCUT2D eigenvalue weighted by atomic mass is 16.2. The molecule has 1 spiro atoms. The third-order valence-corrected chi connectivity index (χ3v) is 5.95. The van der Waals surface area contributed by atoms with Crippen molar-refractivity contribution in [2.24, 2.45) is 5.41 Å². The highest BCUT2D eigenvalue weighted by Crippen LogP contribution is 2.39. The molecule has 138 valence electrons. The second-order valence-electron chi connectivity index (χ2n) is 8.03. The standard InChI is InChI=1S/C21H28N4O/c1-17-14-19(23-22-17)20(26)25-13-10-21(16-25)9-5-11-24(15-21)12-8-18-6-3-2-4-7-18/h2-4,6-7,14H,5,8-13,15-16H2,1H3,(H,22,23). The number of H-pyrrole nitrogens is 1. The summed E-state index contributed by atoms with van der Waals surface area (Å²) < 4.78 is 0. The van der Waals surface area contributed by atoms with Crippen molar-refractivity contribution in [3.63, 3.8) is 0 Å². The van der Waals surface area contributed by atoms with Crippen LogP contribution in [0.15, 0.2) is 36.4 Å². The minimum atomic E-state index is 0.0765. The number of aryl methyl sites for hydroxylation is 1. The molecule has 0 radical (unpaired) electrons. The number of hydrogen-bond acceptors (Lipinski definition) is 3. The molecule has 4 rings (SSSR count). The van der Waals surface area contributed by atoms with E-state index in [4.69, 9.17) is 0 Å². The van der Waals surface area contributed by atoms with Crippen LogP contribution in [0.4, 0.5) is 0 Å². The molecule has 1 aromatic heterocycles. The van der Waals surface area contributed by atoms with E-state index in [-0.39, 0.29) is 11.3 Å². The van der Waals surface area contributed by atoms with Crippen molar-refractivity contribution in [1.82, 2.24) is 20.0 Å². The summed E-state index contributed by atoms with van der Waals surface area (Å²) in [5.41, 5.74) is 3.17. The Morgan fingerprint density at radius 2 is 2.04 bits per heavy atom. The van der Waals surface area contributed by atoms with E-state index in [1.54, 1.807) is 0 Å². The van der Waals surface area contributed by atoms with Crippen LogP contribution in [0.3, 0.4) is 0 Å². The van der Waals surface area contributed by atoms with Crippen molar-refractivity contribution in [2.75, 3.05) is 32.7 Å². The van der Waals surface area contributed by atoms with Crippen LogP contribution in [0.1, 0.15) is 41.0 Å². The molecule has 5 nitrogen and oxygen atoms in total. The minimum Gasteiger partial charge on any atom is -0.337 e. The molecule has 1 atom stereocenters. The van der Waals surface area contributed by atoms with Gasteiger partial charge in [0.25, 0.3) is 5.91 Å². The fraction of sp³-hybridized carbons (Fsp3) is 0.524. The number of piperidine rings is 1. The smallest absolute Gasteiger partial charge is 0.274 e. The quantitative estimate of drug-likeness (QED) is 0.920. The number of carbonyl (C=O) groups excluding carboxylic acids is 1. The number of aromatic nitrogens is 2. The van der Waals surface area contributed by atoms with E-state index in [0.29, 0.717) is 5.69 Å². The summed E-state index contributed by atoms with van der Waals surface area (Å²) >= 11 is 0. The molecule has 1 N–H and O–H groups in total. The molecule has 0 saturated carbocycles. The molecule has 0 bridgehead atoms. The van der Waals surface area contributed by atoms with Crippen LogP contribution >= 0.6 is 0 Å². The number of carbonyl (C=O) groups is 1. The fourth-order valence-corrected chi connectivity index (χ4v) is 4.56. The number of rotatable bonds is 4. The Kier molecular flexibility index (Phi) is 4.81. The van der Waals surface area contributed by atoms with Gasteiger partial charge in [-0.05, 0) is 50.8 Å². The van der Waals surface area contributed by atoms with Gasteiger partial charge in [0.1, 0.15) is 5.69 Å². The van der Waals surface area contributed by atoms with Gasteiger partial charge in [0, 0.05) is 37.3 Å². The molecule has 1 amide bonds. The zero-order chi connectivity index (χ0) is 18.0. The van der Waals surface area contributed by atoms with E-state index >= 15 is 0 Å². The summed E-state index contributed by atoms with van der Waals surface area (Å²) in [4.78, 5) is 17.3. The van der Waals surface area contributed by atoms with Gasteiger partial charge in [-0.2, -0.15) is 5.10 Å². The van der Waals surface area contributed by atoms with Crippen LogP contribution < -0.4 is 0 Å². The van der Waals surface area contributed by atoms with E-state index in [2.05, 4.69) is 45.4 Å². The number of nitrogens with zero attached hydrogens (tertiary/aromatic N) is 3. The molecule has 2 aliphatic heterocycles. The van der Waals surface area contributed by atoms with Crippen LogP contribution in [-0.2, 0) is 6.42 Å². The zero-order valence-corrected chi connectivity index (χ0v) is 15.6. The number of likely N-dealkylation sites (tertiary alicyclic amines) is 2. The van der Waals surface area contributed by atoms with Gasteiger partial charge in [-0.1, -0.05) is 30.3 Å². The third kappa shape index (κ3) is 3.68. The van der Waals surface area contributed by atoms with Gasteiger partial charge in [-0.3, -0.25) is 9.89 Å². The summed E-state index contributed by atoms with van der Waals surface area (Å²) in [5.74, 6) is 0.0765. The van der Waals surface area contributed by atoms with E-state index in [1.807, 2.05) is 17.9 Å². The molecule has 1 aromatic carbocycles. The van der Waals surface area contributed by atoms with E-state index in [9.17, 15) is 4.79 Å². The second kappa shape index (κ2) is 7.23. The summed E-state index contributed by atoms with van der Waals surface area (Å²) in [6, 6.07) is 12.6. The highest BCUT2D eigenvalue weighted by molar-refractivity contribution is 5.92. The van der Waals surface area contributed by atoms with Crippen molar-refractivity contribution in [3.05, 3.63) is 53.3 Å². The van der Waals surface area contributed by atoms with Crippen LogP contribution in [-0.4, -0.2) is 58.6 Å². The summed E-state index contributed by atoms with van der Waals surface area (Å²) in [7, 11) is 0. The molecule has 0 aliphatic carbocycles. The number of benzene rings is 1. The Morgan fingerprint density at radius 3 is 2.81 bits per heavy atom. The average molecular weight is 352 g/mol. The Bertz CT molecular complexity index is 756. The van der Waals surface area contributed by atoms with Crippen molar-refractivity contribution < 1.29 is 4.79 Å². The zero-order valence-electron chi connectivity index (χ0n) is 15.6. The van der Waals surface area contributed by atoms with Gasteiger partial charge in [-0.15, -0.1) is 0 Å². The SMILES string of the molecule is Cc1cc(C(=O)N2CCC3(CCCN(CCc4ccccc4)C3)C2)n[nH]1. The second-order valence-corrected chi connectivity index (χ2v) is 8.03. The first kappa shape index (κ1) is 17.3. The van der Waals surface area contributed by atoms with Crippen molar-refractivity contribution in [1.29, 1.82) is 0 Å². The molecule has 2 saturated heterocycles. The molecule has 26 heavy (non-hydrogen) atoms. The summed E-state index contributed by atoms with van der Waals surface area (Å²) in [6.07, 6.45) is 4.69. The number of aromatic amines is 1. The van der Waals surface area contributed by atoms with Gasteiger partial charge in [0.05, 0.1) is 0 Å². The molecule has 2 aromatic rings. The van der Waals surface area contributed by atoms with Crippen LogP contribution in [0.25, 0.3) is 0 Å². The normalized spacial score (nSPS) is 23.7. The van der Waals surface area contributed by atoms with Crippen LogP contribution in [0, 0.1) is 12.3 Å². The van der Waals surface area contributed by atoms with E-state index < -0.39 is 0 Å². The maximum atomic E-state index is 12.7. The largest absolute Gasteiger partial charge is 0.337 e. The van der Waals surface area contributed by atoms with Crippen molar-refractivity contribution >= 4 is 5.91 Å². The van der Waals surface area contributed by atoms with Gasteiger partial charge < -0.3 is 9.80 Å². The fourth-order valence-electron chi connectivity index (χ4n) is 4.56. The van der Waals surface area contributed by atoms with Crippen molar-refractivity contribution in [2.45, 2.75) is 32.6 Å². The molecule has 2 fully saturated rings. The maximum absolute atomic E-state index is 12.7. The van der Waals surface area contributed by atoms with Crippen LogP contribution in [0.2, 0.25) is 0 Å². The molecule has 1 unspecified atom stereocenters. The highest BCUT2D eigenvalue weighted by Gasteiger charge is 2.43.